The van der Waals surface area contributed by atoms with Crippen molar-refractivity contribution >= 4 is 23.4 Å². The molecule has 1 aromatic heterocycles. The topological polar surface area (TPSA) is 61.3 Å². The number of hydrogen-bond donors (Lipinski definition) is 2. The van der Waals surface area contributed by atoms with Gasteiger partial charge in [0, 0.05) is 19.6 Å². The third kappa shape index (κ3) is 3.70. The van der Waals surface area contributed by atoms with E-state index in [2.05, 4.69) is 22.2 Å². The molecule has 1 aliphatic heterocycles. The van der Waals surface area contributed by atoms with E-state index in [4.69, 9.17) is 11.6 Å². The van der Waals surface area contributed by atoms with Crippen LogP contribution in [0.3, 0.4) is 0 Å². The SMILES string of the molecule is CCCNc1ncc(Cl)c(N2CCCC(C)(O)C2)n1. The molecule has 1 aromatic rings. The van der Waals surface area contributed by atoms with Crippen LogP contribution in [0.5, 0.6) is 0 Å². The zero-order valence-electron chi connectivity index (χ0n) is 11.5. The van der Waals surface area contributed by atoms with Gasteiger partial charge in [-0.3, -0.25) is 0 Å². The Labute approximate surface area is 119 Å². The Morgan fingerprint density at radius 2 is 2.37 bits per heavy atom. The summed E-state index contributed by atoms with van der Waals surface area (Å²) in [5.74, 6) is 1.29. The molecule has 5 nitrogen and oxygen atoms in total. The van der Waals surface area contributed by atoms with Crippen LogP contribution >= 0.6 is 11.6 Å². The number of anilines is 2. The molecule has 0 spiro atoms. The van der Waals surface area contributed by atoms with E-state index in [0.29, 0.717) is 23.3 Å². The normalized spacial score (nSPS) is 23.5. The van der Waals surface area contributed by atoms with E-state index < -0.39 is 5.60 Å². The number of nitrogens with one attached hydrogen (secondary N) is 1. The van der Waals surface area contributed by atoms with Gasteiger partial charge in [0.05, 0.1) is 11.8 Å². The van der Waals surface area contributed by atoms with E-state index >= 15 is 0 Å². The van der Waals surface area contributed by atoms with Crippen LogP contribution in [-0.2, 0) is 0 Å². The molecule has 2 heterocycles. The first-order valence-corrected chi connectivity index (χ1v) is 7.13. The average molecular weight is 285 g/mol. The smallest absolute Gasteiger partial charge is 0.224 e. The number of aromatic nitrogens is 2. The number of rotatable bonds is 4. The first kappa shape index (κ1) is 14.3. The van der Waals surface area contributed by atoms with Crippen molar-refractivity contribution in [3.05, 3.63) is 11.2 Å². The Bertz CT molecular complexity index is 439. The summed E-state index contributed by atoms with van der Waals surface area (Å²) >= 11 is 6.18. The summed E-state index contributed by atoms with van der Waals surface area (Å²) in [6, 6.07) is 0. The minimum absolute atomic E-state index is 0.528. The molecule has 1 saturated heterocycles. The number of aliphatic hydroxyl groups is 1. The van der Waals surface area contributed by atoms with Crippen LogP contribution in [-0.4, -0.2) is 40.3 Å². The van der Waals surface area contributed by atoms with Gasteiger partial charge in [-0.1, -0.05) is 18.5 Å². The second-order valence-corrected chi connectivity index (χ2v) is 5.72. The van der Waals surface area contributed by atoms with E-state index in [0.717, 1.165) is 32.4 Å². The first-order valence-electron chi connectivity index (χ1n) is 6.75. The quantitative estimate of drug-likeness (QED) is 0.888. The Hall–Kier alpha value is -1.07. The third-order valence-corrected chi connectivity index (χ3v) is 3.50. The molecule has 1 fully saturated rings. The Morgan fingerprint density at radius 3 is 3.05 bits per heavy atom. The van der Waals surface area contributed by atoms with Crippen LogP contribution in [0.25, 0.3) is 0 Å². The van der Waals surface area contributed by atoms with Gasteiger partial charge in [0.1, 0.15) is 5.02 Å². The molecule has 2 N–H and O–H groups in total. The van der Waals surface area contributed by atoms with Gasteiger partial charge < -0.3 is 15.3 Å². The number of β-amino-alcohol motifs (C(OH)–C–C–N with tert-alkyl or cyclic N) is 1. The lowest BCUT2D eigenvalue weighted by Gasteiger charge is -2.37. The summed E-state index contributed by atoms with van der Waals surface area (Å²) in [5, 5.41) is 13.8. The van der Waals surface area contributed by atoms with Gasteiger partial charge in [-0.25, -0.2) is 4.98 Å². The van der Waals surface area contributed by atoms with Gasteiger partial charge in [0.15, 0.2) is 5.82 Å². The maximum absolute atomic E-state index is 10.2. The summed E-state index contributed by atoms with van der Waals surface area (Å²) in [7, 11) is 0. The molecule has 1 atom stereocenters. The van der Waals surface area contributed by atoms with Crippen LogP contribution in [0.2, 0.25) is 5.02 Å². The number of hydrogen-bond acceptors (Lipinski definition) is 5. The molecule has 0 amide bonds. The Morgan fingerprint density at radius 1 is 1.58 bits per heavy atom. The standard InChI is InChI=1S/C13H21ClN4O/c1-3-6-15-12-16-8-10(14)11(17-12)18-7-4-5-13(2,19)9-18/h8,19H,3-7,9H2,1-2H3,(H,15,16,17). The molecule has 0 aromatic carbocycles. The molecule has 6 heteroatoms. The van der Waals surface area contributed by atoms with Crippen LogP contribution in [0.4, 0.5) is 11.8 Å². The summed E-state index contributed by atoms with van der Waals surface area (Å²) in [6.45, 7) is 6.19. The van der Waals surface area contributed by atoms with Gasteiger partial charge >= 0.3 is 0 Å². The molecule has 0 radical (unpaired) electrons. The molecule has 2 rings (SSSR count). The molecular formula is C13H21ClN4O. The lowest BCUT2D eigenvalue weighted by atomic mass is 9.95. The van der Waals surface area contributed by atoms with Crippen molar-refractivity contribution in [3.63, 3.8) is 0 Å². The van der Waals surface area contributed by atoms with Crippen molar-refractivity contribution in [2.45, 2.75) is 38.7 Å². The fraction of sp³-hybridized carbons (Fsp3) is 0.692. The largest absolute Gasteiger partial charge is 0.388 e. The lowest BCUT2D eigenvalue weighted by molar-refractivity contribution is 0.0447. The van der Waals surface area contributed by atoms with Crippen molar-refractivity contribution in [2.24, 2.45) is 0 Å². The highest BCUT2D eigenvalue weighted by Crippen LogP contribution is 2.29. The second kappa shape index (κ2) is 5.92. The molecule has 0 saturated carbocycles. The molecule has 1 unspecified atom stereocenters. The summed E-state index contributed by atoms with van der Waals surface area (Å²) in [4.78, 5) is 10.7. The summed E-state index contributed by atoms with van der Waals surface area (Å²) < 4.78 is 0. The molecule has 1 aliphatic rings. The Balaban J connectivity index is 2.18. The maximum Gasteiger partial charge on any atom is 0.224 e. The first-order chi connectivity index (χ1) is 9.02. The van der Waals surface area contributed by atoms with Crippen LogP contribution < -0.4 is 10.2 Å². The highest BCUT2D eigenvalue weighted by atomic mass is 35.5. The zero-order valence-corrected chi connectivity index (χ0v) is 12.2. The van der Waals surface area contributed by atoms with Crippen molar-refractivity contribution in [1.29, 1.82) is 0 Å². The average Bonchev–Trinajstić information content (AvgIpc) is 2.36. The van der Waals surface area contributed by atoms with E-state index in [1.165, 1.54) is 0 Å². The lowest BCUT2D eigenvalue weighted by Crippen LogP contribution is -2.46. The van der Waals surface area contributed by atoms with Crippen LogP contribution in [0.15, 0.2) is 6.20 Å². The minimum atomic E-state index is -0.677. The molecular weight excluding hydrogens is 264 g/mol. The van der Waals surface area contributed by atoms with Gasteiger partial charge in [-0.05, 0) is 26.2 Å². The predicted octanol–water partition coefficient (Wildman–Crippen LogP) is 2.30. The van der Waals surface area contributed by atoms with Gasteiger partial charge in [-0.2, -0.15) is 4.98 Å². The zero-order chi connectivity index (χ0) is 13.9. The number of nitrogens with zero attached hydrogens (tertiary/aromatic N) is 3. The van der Waals surface area contributed by atoms with Crippen LogP contribution in [0, 0.1) is 0 Å². The molecule has 19 heavy (non-hydrogen) atoms. The molecule has 106 valence electrons. The van der Waals surface area contributed by atoms with Gasteiger partial charge in [-0.15, -0.1) is 0 Å². The van der Waals surface area contributed by atoms with E-state index in [-0.39, 0.29) is 0 Å². The highest BCUT2D eigenvalue weighted by Gasteiger charge is 2.30. The maximum atomic E-state index is 10.2. The highest BCUT2D eigenvalue weighted by molar-refractivity contribution is 6.32. The predicted molar refractivity (Wildman–Crippen MR) is 77.9 cm³/mol. The van der Waals surface area contributed by atoms with Gasteiger partial charge in [0.2, 0.25) is 5.95 Å². The second-order valence-electron chi connectivity index (χ2n) is 5.31. The number of halogens is 1. The van der Waals surface area contributed by atoms with E-state index in [9.17, 15) is 5.11 Å². The van der Waals surface area contributed by atoms with Crippen molar-refractivity contribution in [2.75, 3.05) is 29.9 Å². The van der Waals surface area contributed by atoms with Crippen molar-refractivity contribution in [1.82, 2.24) is 9.97 Å². The fourth-order valence-corrected chi connectivity index (χ4v) is 2.51. The minimum Gasteiger partial charge on any atom is -0.388 e. The summed E-state index contributed by atoms with van der Waals surface area (Å²) in [5.41, 5.74) is -0.677. The van der Waals surface area contributed by atoms with E-state index in [1.54, 1.807) is 6.20 Å². The van der Waals surface area contributed by atoms with Crippen LogP contribution in [0.1, 0.15) is 33.1 Å². The summed E-state index contributed by atoms with van der Waals surface area (Å²) in [6.07, 6.45) is 4.38. The fourth-order valence-electron chi connectivity index (χ4n) is 2.30. The van der Waals surface area contributed by atoms with Crippen molar-refractivity contribution in [3.8, 4) is 0 Å². The Kier molecular flexibility index (Phi) is 4.47. The van der Waals surface area contributed by atoms with Gasteiger partial charge in [0.25, 0.3) is 0 Å². The molecule has 0 bridgehead atoms. The van der Waals surface area contributed by atoms with E-state index in [1.807, 2.05) is 11.8 Å². The number of piperidine rings is 1. The molecule has 0 aliphatic carbocycles. The third-order valence-electron chi connectivity index (χ3n) is 3.23. The monoisotopic (exact) mass is 284 g/mol. The van der Waals surface area contributed by atoms with Crippen molar-refractivity contribution < 1.29 is 5.11 Å².